The Kier molecular flexibility index (Phi) is 7.87. The average Bonchev–Trinajstić information content (AvgIpc) is 3.58. The zero-order valence-corrected chi connectivity index (χ0v) is 22.9. The highest BCUT2D eigenvalue weighted by Gasteiger charge is 2.40. The molecule has 4 aliphatic rings. The third-order valence-corrected chi connectivity index (χ3v) is 9.30. The van der Waals surface area contributed by atoms with E-state index in [1.54, 1.807) is 30.6 Å². The molecule has 1 unspecified atom stereocenters. The lowest BCUT2D eigenvalue weighted by Gasteiger charge is -2.38. The monoisotopic (exact) mass is 549 g/mol. The van der Waals surface area contributed by atoms with Crippen LogP contribution < -0.4 is 20.3 Å². The minimum absolute atomic E-state index is 0.0707. The average molecular weight is 550 g/mol. The van der Waals surface area contributed by atoms with Crippen LogP contribution in [0, 0.1) is 18.4 Å². The first kappa shape index (κ1) is 26.3. The van der Waals surface area contributed by atoms with E-state index < -0.39 is 0 Å². The number of hydrogen-bond acceptors (Lipinski definition) is 7. The highest BCUT2D eigenvalue weighted by atomic mass is 35.5. The van der Waals surface area contributed by atoms with Gasteiger partial charge in [-0.3, -0.25) is 9.69 Å². The molecule has 0 bridgehead atoms. The molecule has 2 saturated heterocycles. The number of benzene rings is 1. The summed E-state index contributed by atoms with van der Waals surface area (Å²) in [6.45, 7) is 13.5. The number of fused-ring (bicyclic) bond motifs is 1. The van der Waals surface area contributed by atoms with E-state index in [0.717, 1.165) is 69.7 Å². The van der Waals surface area contributed by atoms with Gasteiger partial charge in [0.1, 0.15) is 5.75 Å². The number of aromatic nitrogens is 2. The maximum Gasteiger partial charge on any atom is 0.254 e. The van der Waals surface area contributed by atoms with Crippen molar-refractivity contribution in [3.63, 3.8) is 0 Å². The number of halogens is 1. The molecule has 1 amide bonds. The van der Waals surface area contributed by atoms with Crippen LogP contribution in [-0.2, 0) is 0 Å². The Bertz CT molecular complexity index is 1190. The van der Waals surface area contributed by atoms with Crippen molar-refractivity contribution >= 4 is 29.1 Å². The Morgan fingerprint density at radius 1 is 1.05 bits per heavy atom. The van der Waals surface area contributed by atoms with Gasteiger partial charge in [-0.2, -0.15) is 0 Å². The molecule has 0 radical (unpaired) electrons. The van der Waals surface area contributed by atoms with Crippen molar-refractivity contribution in [1.82, 2.24) is 25.5 Å². The molecular weight excluding hydrogens is 514 g/mol. The van der Waals surface area contributed by atoms with E-state index in [2.05, 4.69) is 35.2 Å². The molecule has 2 N–H and O–H groups in total. The molecule has 39 heavy (non-hydrogen) atoms. The number of hydrogen-bond donors (Lipinski definition) is 2. The summed E-state index contributed by atoms with van der Waals surface area (Å²) in [5.74, 6) is 3.00. The highest BCUT2D eigenvalue weighted by Crippen LogP contribution is 2.37. The molecule has 2 saturated carbocycles. The Morgan fingerprint density at radius 3 is 2.38 bits per heavy atom. The molecule has 2 aliphatic carbocycles. The maximum atomic E-state index is 12.9. The normalized spacial score (nSPS) is 29.0. The van der Waals surface area contributed by atoms with Gasteiger partial charge in [0, 0.05) is 50.7 Å². The van der Waals surface area contributed by atoms with Gasteiger partial charge in [-0.05, 0) is 75.6 Å². The van der Waals surface area contributed by atoms with Gasteiger partial charge in [0.05, 0.1) is 23.3 Å². The topological polar surface area (TPSA) is 87.0 Å². The summed E-state index contributed by atoms with van der Waals surface area (Å²) in [7, 11) is 0. The van der Waals surface area contributed by atoms with Gasteiger partial charge in [0.2, 0.25) is 11.6 Å². The van der Waals surface area contributed by atoms with Gasteiger partial charge >= 0.3 is 0 Å². The number of rotatable bonds is 6. The summed E-state index contributed by atoms with van der Waals surface area (Å²) in [5.41, 5.74) is 0.922. The predicted octanol–water partition coefficient (Wildman–Crippen LogP) is 3.92. The molecule has 2 aromatic rings. The van der Waals surface area contributed by atoms with Crippen molar-refractivity contribution in [2.24, 2.45) is 11.8 Å². The number of carbonyl (C=O) groups excluding carboxylic acids is 1. The number of nitrogens with zero attached hydrogens (tertiary/aromatic N) is 5. The van der Waals surface area contributed by atoms with Gasteiger partial charge in [-0.25, -0.2) is 14.8 Å². The predicted molar refractivity (Wildman–Crippen MR) is 151 cm³/mol. The van der Waals surface area contributed by atoms with Crippen molar-refractivity contribution in [1.29, 1.82) is 0 Å². The molecule has 3 atom stereocenters. The molecular formula is C29H36ClN7O2. The van der Waals surface area contributed by atoms with Gasteiger partial charge in [-0.15, -0.1) is 0 Å². The third-order valence-electron chi connectivity index (χ3n) is 9.00. The van der Waals surface area contributed by atoms with Gasteiger partial charge in [-0.1, -0.05) is 17.7 Å². The van der Waals surface area contributed by atoms with Crippen LogP contribution in [0.15, 0.2) is 30.6 Å². The van der Waals surface area contributed by atoms with E-state index >= 15 is 0 Å². The molecule has 4 fully saturated rings. The van der Waals surface area contributed by atoms with Crippen LogP contribution in [0.4, 0.5) is 11.6 Å². The molecule has 2 aliphatic heterocycles. The molecule has 3 heterocycles. The van der Waals surface area contributed by atoms with Crippen molar-refractivity contribution in [3.8, 4) is 5.75 Å². The third kappa shape index (κ3) is 5.98. The first-order valence-corrected chi connectivity index (χ1v) is 14.6. The van der Waals surface area contributed by atoms with E-state index in [-0.39, 0.29) is 18.1 Å². The SMILES string of the molecule is [C-]#[N+]c1ccc(OC2CCC(NC(=O)c3cnc(N4CCN(C5C[C@H]6CNC[C@H]6C5)CC4)nc3)CC2)cc1Cl. The molecule has 1 aromatic carbocycles. The molecule has 10 heteroatoms. The fraction of sp³-hybridized carbons (Fsp3) is 0.586. The first-order chi connectivity index (χ1) is 19.1. The lowest BCUT2D eigenvalue weighted by atomic mass is 9.92. The van der Waals surface area contributed by atoms with Crippen LogP contribution >= 0.6 is 11.6 Å². The Balaban J connectivity index is 0.939. The van der Waals surface area contributed by atoms with E-state index in [0.29, 0.717) is 28.0 Å². The molecule has 9 nitrogen and oxygen atoms in total. The fourth-order valence-corrected chi connectivity index (χ4v) is 6.97. The van der Waals surface area contributed by atoms with Gasteiger partial charge < -0.3 is 20.3 Å². The summed E-state index contributed by atoms with van der Waals surface area (Å²) in [4.78, 5) is 30.2. The second-order valence-electron chi connectivity index (χ2n) is 11.4. The summed E-state index contributed by atoms with van der Waals surface area (Å²) in [5, 5.41) is 7.09. The Labute approximate surface area is 235 Å². The molecule has 0 spiro atoms. The van der Waals surface area contributed by atoms with Crippen molar-refractivity contribution < 1.29 is 9.53 Å². The summed E-state index contributed by atoms with van der Waals surface area (Å²) < 4.78 is 6.07. The van der Waals surface area contributed by atoms with E-state index in [1.165, 1.54) is 25.9 Å². The molecule has 1 aromatic heterocycles. The number of anilines is 1. The summed E-state index contributed by atoms with van der Waals surface area (Å²) >= 11 is 6.13. The van der Waals surface area contributed by atoms with Crippen LogP contribution in [0.3, 0.4) is 0 Å². The first-order valence-electron chi connectivity index (χ1n) is 14.2. The van der Waals surface area contributed by atoms with Crippen molar-refractivity contribution in [2.75, 3.05) is 44.2 Å². The number of ether oxygens (including phenoxy) is 1. The second-order valence-corrected chi connectivity index (χ2v) is 11.8. The number of amides is 1. The largest absolute Gasteiger partial charge is 0.490 e. The lowest BCUT2D eigenvalue weighted by Crippen LogP contribution is -2.50. The van der Waals surface area contributed by atoms with Crippen LogP contribution in [0.5, 0.6) is 5.75 Å². The highest BCUT2D eigenvalue weighted by molar-refractivity contribution is 6.33. The smallest absolute Gasteiger partial charge is 0.254 e. The molecule has 6 rings (SSSR count). The zero-order valence-electron chi connectivity index (χ0n) is 22.2. The minimum atomic E-state index is -0.126. The van der Waals surface area contributed by atoms with E-state index in [9.17, 15) is 4.79 Å². The summed E-state index contributed by atoms with van der Waals surface area (Å²) in [6, 6.07) is 6.00. The van der Waals surface area contributed by atoms with Crippen LogP contribution in [0.2, 0.25) is 5.02 Å². The van der Waals surface area contributed by atoms with Gasteiger partial charge in [0.15, 0.2) is 0 Å². The quantitative estimate of drug-likeness (QED) is 0.528. The fourth-order valence-electron chi connectivity index (χ4n) is 6.76. The Morgan fingerprint density at radius 2 is 1.74 bits per heavy atom. The van der Waals surface area contributed by atoms with Gasteiger partial charge in [0.25, 0.3) is 5.91 Å². The number of nitrogens with one attached hydrogen (secondary N) is 2. The number of carbonyl (C=O) groups is 1. The van der Waals surface area contributed by atoms with Crippen molar-refractivity contribution in [3.05, 3.63) is 52.6 Å². The maximum absolute atomic E-state index is 12.9. The second kappa shape index (κ2) is 11.7. The minimum Gasteiger partial charge on any atom is -0.490 e. The van der Waals surface area contributed by atoms with Crippen LogP contribution in [0.1, 0.15) is 48.9 Å². The lowest BCUT2D eigenvalue weighted by molar-refractivity contribution is 0.0893. The van der Waals surface area contributed by atoms with Crippen LogP contribution in [-0.4, -0.2) is 78.2 Å². The van der Waals surface area contributed by atoms with E-state index in [4.69, 9.17) is 22.9 Å². The standard InChI is InChI=1S/C29H36ClN7O2/c1-31-27-7-6-25(14-26(27)30)39-24-4-2-22(3-5-24)35-28(38)21-17-33-29(34-18-21)37-10-8-36(9-11-37)23-12-19-15-32-16-20(19)13-23/h6-7,14,17-20,22-24,32H,2-5,8-13,15-16H2,(H,35,38)/t19-,20+,22?,23?,24?. The van der Waals surface area contributed by atoms with Crippen LogP contribution in [0.25, 0.3) is 4.85 Å². The zero-order chi connectivity index (χ0) is 26.8. The molecule has 206 valence electrons. The van der Waals surface area contributed by atoms with E-state index in [1.807, 2.05) is 0 Å². The number of piperazine rings is 1. The van der Waals surface area contributed by atoms with Crippen molar-refractivity contribution in [2.45, 2.75) is 56.7 Å². The Hall–Kier alpha value is -2.93. The summed E-state index contributed by atoms with van der Waals surface area (Å²) in [6.07, 6.45) is 9.40.